The lowest BCUT2D eigenvalue weighted by atomic mass is 9.85. The van der Waals surface area contributed by atoms with E-state index < -0.39 is 0 Å². The van der Waals surface area contributed by atoms with Crippen LogP contribution in [0.15, 0.2) is 10.5 Å². The maximum absolute atomic E-state index is 5.57. The van der Waals surface area contributed by atoms with Gasteiger partial charge in [-0.1, -0.05) is 29.8 Å². The van der Waals surface area contributed by atoms with E-state index in [4.69, 9.17) is 4.74 Å². The maximum Gasteiger partial charge on any atom is 0.123 e. The molecule has 94 valence electrons. The molecule has 0 heterocycles. The normalized spacial score (nSPS) is 21.4. The molecule has 1 unspecified atom stereocenters. The summed E-state index contributed by atoms with van der Waals surface area (Å²) in [5, 5.41) is 3.41. The summed E-state index contributed by atoms with van der Waals surface area (Å²) in [4.78, 5) is 0. The Morgan fingerprint density at radius 3 is 2.65 bits per heavy atom. The highest BCUT2D eigenvalue weighted by Crippen LogP contribution is 2.52. The Bertz CT molecular complexity index is 454. The largest absolute Gasteiger partial charge is 0.496 e. The van der Waals surface area contributed by atoms with Gasteiger partial charge in [0.1, 0.15) is 5.75 Å². The van der Waals surface area contributed by atoms with Crippen LogP contribution in [-0.2, 0) is 5.41 Å². The van der Waals surface area contributed by atoms with Gasteiger partial charge in [0.05, 0.1) is 7.11 Å². The first-order valence-corrected chi connectivity index (χ1v) is 6.76. The van der Waals surface area contributed by atoms with E-state index >= 15 is 0 Å². The van der Waals surface area contributed by atoms with Crippen molar-refractivity contribution < 1.29 is 4.74 Å². The van der Waals surface area contributed by atoms with Crippen LogP contribution in [0.5, 0.6) is 5.75 Å². The number of hydrogen-bond acceptors (Lipinski definition) is 2. The molecule has 1 aromatic carbocycles. The predicted molar refractivity (Wildman–Crippen MR) is 74.9 cm³/mol. The second-order valence-corrected chi connectivity index (χ2v) is 6.22. The fourth-order valence-electron chi connectivity index (χ4n) is 2.93. The van der Waals surface area contributed by atoms with Crippen LogP contribution in [0.25, 0.3) is 0 Å². The summed E-state index contributed by atoms with van der Waals surface area (Å²) in [6.07, 6.45) is 1.11. The molecule has 0 amide bonds. The number of hydrogen-bond donors (Lipinski definition) is 1. The van der Waals surface area contributed by atoms with Gasteiger partial charge < -0.3 is 10.1 Å². The van der Waals surface area contributed by atoms with E-state index in [-0.39, 0.29) is 5.41 Å². The van der Waals surface area contributed by atoms with Gasteiger partial charge >= 0.3 is 0 Å². The van der Waals surface area contributed by atoms with Crippen molar-refractivity contribution in [2.75, 3.05) is 14.2 Å². The van der Waals surface area contributed by atoms with Crippen LogP contribution in [0.4, 0.5) is 0 Å². The molecule has 2 rings (SSSR count). The van der Waals surface area contributed by atoms with Crippen LogP contribution in [0.3, 0.4) is 0 Å². The van der Waals surface area contributed by atoms with E-state index in [1.807, 2.05) is 7.05 Å². The predicted octanol–water partition coefficient (Wildman–Crippen LogP) is 3.71. The first-order chi connectivity index (χ1) is 7.92. The van der Waals surface area contributed by atoms with Gasteiger partial charge in [-0.3, -0.25) is 0 Å². The summed E-state index contributed by atoms with van der Waals surface area (Å²) >= 11 is 3.73. The van der Waals surface area contributed by atoms with Crippen molar-refractivity contribution >= 4 is 15.9 Å². The molecule has 1 aliphatic carbocycles. The molecule has 0 radical (unpaired) electrons. The second kappa shape index (κ2) is 4.29. The number of fused-ring (bicyclic) bond motifs is 1. The standard InChI is InChI=1S/C14H20BrNO/c1-8-6-10(17-5)12-11(13(8)15)9(16-4)7-14(12,2)3/h6,9,16H,7H2,1-5H3. The molecule has 1 aromatic rings. The van der Waals surface area contributed by atoms with Gasteiger partial charge in [0, 0.05) is 16.1 Å². The Hall–Kier alpha value is -0.540. The monoisotopic (exact) mass is 297 g/mol. The smallest absolute Gasteiger partial charge is 0.123 e. The molecule has 0 fully saturated rings. The molecule has 1 N–H and O–H groups in total. The molecular weight excluding hydrogens is 278 g/mol. The Balaban J connectivity index is 2.74. The minimum absolute atomic E-state index is 0.157. The summed E-state index contributed by atoms with van der Waals surface area (Å²) in [7, 11) is 3.78. The lowest BCUT2D eigenvalue weighted by Crippen LogP contribution is -2.17. The molecule has 0 saturated carbocycles. The molecule has 3 heteroatoms. The molecule has 0 spiro atoms. The molecule has 17 heavy (non-hydrogen) atoms. The number of benzene rings is 1. The molecule has 2 nitrogen and oxygen atoms in total. The van der Waals surface area contributed by atoms with Gasteiger partial charge in [-0.25, -0.2) is 0 Å². The van der Waals surface area contributed by atoms with Crippen LogP contribution >= 0.6 is 15.9 Å². The van der Waals surface area contributed by atoms with Crippen LogP contribution in [0.2, 0.25) is 0 Å². The van der Waals surface area contributed by atoms with Crippen molar-refractivity contribution in [3.05, 3.63) is 27.2 Å². The van der Waals surface area contributed by atoms with Crippen molar-refractivity contribution in [2.45, 2.75) is 38.6 Å². The fraction of sp³-hybridized carbons (Fsp3) is 0.571. The number of ether oxygens (including phenoxy) is 1. The zero-order valence-electron chi connectivity index (χ0n) is 11.1. The lowest BCUT2D eigenvalue weighted by molar-refractivity contribution is 0.389. The van der Waals surface area contributed by atoms with E-state index in [1.165, 1.54) is 21.2 Å². The Labute approximate surface area is 112 Å². The molecular formula is C14H20BrNO. The highest BCUT2D eigenvalue weighted by Gasteiger charge is 2.40. The first-order valence-electron chi connectivity index (χ1n) is 5.97. The number of rotatable bonds is 2. The second-order valence-electron chi connectivity index (χ2n) is 5.43. The summed E-state index contributed by atoms with van der Waals surface area (Å²) in [6, 6.07) is 2.53. The fourth-order valence-corrected chi connectivity index (χ4v) is 3.52. The quantitative estimate of drug-likeness (QED) is 0.898. The van der Waals surface area contributed by atoms with Crippen molar-refractivity contribution in [3.8, 4) is 5.75 Å². The van der Waals surface area contributed by atoms with Gasteiger partial charge in [0.25, 0.3) is 0 Å². The number of methoxy groups -OCH3 is 1. The summed E-state index contributed by atoms with van der Waals surface area (Å²) in [6.45, 7) is 6.69. The minimum Gasteiger partial charge on any atom is -0.496 e. The van der Waals surface area contributed by atoms with E-state index in [2.05, 4.69) is 48.1 Å². The zero-order valence-corrected chi connectivity index (χ0v) is 12.7. The van der Waals surface area contributed by atoms with E-state index in [1.54, 1.807) is 7.11 Å². The Kier molecular flexibility index (Phi) is 3.25. The first kappa shape index (κ1) is 12.9. The average Bonchev–Trinajstić information content (AvgIpc) is 2.55. The summed E-state index contributed by atoms with van der Waals surface area (Å²) in [5.74, 6) is 1.02. The van der Waals surface area contributed by atoms with Gasteiger partial charge in [0.2, 0.25) is 0 Å². The van der Waals surface area contributed by atoms with Crippen LogP contribution in [0, 0.1) is 6.92 Å². The van der Waals surface area contributed by atoms with Crippen molar-refractivity contribution in [1.82, 2.24) is 5.32 Å². The highest BCUT2D eigenvalue weighted by atomic mass is 79.9. The number of halogens is 1. The number of aryl methyl sites for hydroxylation is 1. The Morgan fingerprint density at radius 2 is 2.12 bits per heavy atom. The van der Waals surface area contributed by atoms with Gasteiger partial charge in [-0.15, -0.1) is 0 Å². The van der Waals surface area contributed by atoms with E-state index in [0.717, 1.165) is 12.2 Å². The van der Waals surface area contributed by atoms with Gasteiger partial charge in [-0.2, -0.15) is 0 Å². The molecule has 0 bridgehead atoms. The third-order valence-electron chi connectivity index (χ3n) is 3.75. The zero-order chi connectivity index (χ0) is 12.8. The topological polar surface area (TPSA) is 21.3 Å². The lowest BCUT2D eigenvalue weighted by Gasteiger charge is -2.22. The highest BCUT2D eigenvalue weighted by molar-refractivity contribution is 9.10. The molecule has 0 saturated heterocycles. The average molecular weight is 298 g/mol. The van der Waals surface area contributed by atoms with Gasteiger partial charge in [-0.05, 0) is 43.0 Å². The maximum atomic E-state index is 5.57. The van der Waals surface area contributed by atoms with Crippen molar-refractivity contribution in [3.63, 3.8) is 0 Å². The molecule has 0 aromatic heterocycles. The van der Waals surface area contributed by atoms with Crippen LogP contribution in [-0.4, -0.2) is 14.2 Å². The third-order valence-corrected chi connectivity index (χ3v) is 4.81. The van der Waals surface area contributed by atoms with Crippen LogP contribution in [0.1, 0.15) is 43.0 Å². The summed E-state index contributed by atoms with van der Waals surface area (Å²) in [5.41, 5.74) is 4.11. The SMILES string of the molecule is CNC1CC(C)(C)c2c(OC)cc(C)c(Br)c21. The third kappa shape index (κ3) is 1.89. The van der Waals surface area contributed by atoms with Crippen LogP contribution < -0.4 is 10.1 Å². The molecule has 0 aliphatic heterocycles. The van der Waals surface area contributed by atoms with Gasteiger partial charge in [0.15, 0.2) is 0 Å². The van der Waals surface area contributed by atoms with Crippen molar-refractivity contribution in [1.29, 1.82) is 0 Å². The summed E-state index contributed by atoms with van der Waals surface area (Å²) < 4.78 is 6.79. The van der Waals surface area contributed by atoms with E-state index in [0.29, 0.717) is 6.04 Å². The van der Waals surface area contributed by atoms with Crippen molar-refractivity contribution in [2.24, 2.45) is 0 Å². The molecule has 1 aliphatic rings. The Morgan fingerprint density at radius 1 is 1.47 bits per heavy atom. The molecule has 1 atom stereocenters. The number of nitrogens with one attached hydrogen (secondary N) is 1. The minimum atomic E-state index is 0.157. The van der Waals surface area contributed by atoms with E-state index in [9.17, 15) is 0 Å².